The van der Waals surface area contributed by atoms with E-state index in [1.54, 1.807) is 6.33 Å². The van der Waals surface area contributed by atoms with E-state index in [4.69, 9.17) is 0 Å². The molecule has 0 unspecified atom stereocenters. The number of piperidine rings is 1. The maximum atomic E-state index is 4.56. The molecule has 0 amide bonds. The van der Waals surface area contributed by atoms with Crippen LogP contribution in [0.1, 0.15) is 32.6 Å². The van der Waals surface area contributed by atoms with Crippen molar-refractivity contribution in [3.8, 4) is 0 Å². The molecule has 0 aliphatic carbocycles. The first-order valence-corrected chi connectivity index (χ1v) is 7.33. The van der Waals surface area contributed by atoms with Crippen LogP contribution in [0.4, 0.5) is 11.8 Å². The summed E-state index contributed by atoms with van der Waals surface area (Å²) in [7, 11) is 0. The lowest BCUT2D eigenvalue weighted by atomic mass is 10.2. The Kier molecular flexibility index (Phi) is 3.96. The van der Waals surface area contributed by atoms with Crippen LogP contribution in [0.25, 0.3) is 11.2 Å². The molecule has 2 aromatic heterocycles. The topological polar surface area (TPSA) is 81.8 Å². The van der Waals surface area contributed by atoms with Crippen molar-refractivity contribution in [2.75, 3.05) is 30.4 Å². The van der Waals surface area contributed by atoms with Crippen LogP contribution in [-0.4, -0.2) is 44.6 Å². The van der Waals surface area contributed by atoms with Crippen molar-refractivity contribution in [3.05, 3.63) is 6.33 Å². The van der Waals surface area contributed by atoms with E-state index >= 15 is 0 Å². The molecule has 3 heterocycles. The fourth-order valence-corrected chi connectivity index (χ4v) is 2.39. The minimum Gasteiger partial charge on any atom is -0.354 e. The molecule has 0 bridgehead atoms. The number of nitrogens with zero attached hydrogens (tertiary/aromatic N) is 4. The normalized spacial score (nSPS) is 16.4. The highest BCUT2D eigenvalue weighted by atomic mass is 15.5. The summed E-state index contributed by atoms with van der Waals surface area (Å²) < 4.78 is 0. The van der Waals surface area contributed by atoms with Gasteiger partial charge in [-0.3, -0.25) is 0 Å². The molecule has 0 spiro atoms. The number of aromatic nitrogens is 4. The number of fused-ring (bicyclic) bond motifs is 1. The predicted molar refractivity (Wildman–Crippen MR) is 79.5 cm³/mol. The number of rotatable bonds is 5. The quantitative estimate of drug-likeness (QED) is 0.774. The van der Waals surface area contributed by atoms with E-state index in [9.17, 15) is 0 Å². The smallest absolute Gasteiger partial charge is 0.226 e. The van der Waals surface area contributed by atoms with Gasteiger partial charge in [-0.25, -0.2) is 9.99 Å². The summed E-state index contributed by atoms with van der Waals surface area (Å²) in [6.07, 6.45) is 6.46. The van der Waals surface area contributed by atoms with Gasteiger partial charge in [0.05, 0.1) is 6.33 Å². The molecule has 1 aliphatic heterocycles. The Morgan fingerprint density at radius 2 is 2.10 bits per heavy atom. The molecule has 0 saturated carbocycles. The molecule has 3 rings (SSSR count). The van der Waals surface area contributed by atoms with Crippen molar-refractivity contribution in [3.63, 3.8) is 0 Å². The van der Waals surface area contributed by atoms with E-state index in [1.807, 2.05) is 0 Å². The van der Waals surface area contributed by atoms with Crippen molar-refractivity contribution >= 4 is 22.9 Å². The number of imidazole rings is 1. The third kappa shape index (κ3) is 2.82. The van der Waals surface area contributed by atoms with Gasteiger partial charge in [0, 0.05) is 19.6 Å². The fraction of sp³-hybridized carbons (Fsp3) is 0.615. The minimum absolute atomic E-state index is 0.631. The molecule has 0 atom stereocenters. The number of nitrogens with one attached hydrogen (secondary N) is 3. The lowest BCUT2D eigenvalue weighted by molar-refractivity contribution is 0.272. The second-order valence-corrected chi connectivity index (χ2v) is 5.08. The first-order chi connectivity index (χ1) is 9.86. The zero-order valence-corrected chi connectivity index (χ0v) is 11.8. The molecular formula is C13H21N7. The van der Waals surface area contributed by atoms with E-state index in [0.717, 1.165) is 37.4 Å². The number of aromatic amines is 1. The van der Waals surface area contributed by atoms with E-state index < -0.39 is 0 Å². The van der Waals surface area contributed by atoms with E-state index in [1.165, 1.54) is 19.3 Å². The molecule has 1 aliphatic rings. The van der Waals surface area contributed by atoms with Gasteiger partial charge < -0.3 is 15.7 Å². The number of anilines is 2. The van der Waals surface area contributed by atoms with Gasteiger partial charge in [0.25, 0.3) is 0 Å². The van der Waals surface area contributed by atoms with Gasteiger partial charge in [0.15, 0.2) is 11.5 Å². The van der Waals surface area contributed by atoms with Gasteiger partial charge in [-0.05, 0) is 19.3 Å². The Morgan fingerprint density at radius 3 is 2.90 bits per heavy atom. The lowest BCUT2D eigenvalue weighted by Crippen LogP contribution is -2.35. The predicted octanol–water partition coefficient (Wildman–Crippen LogP) is 1.99. The zero-order chi connectivity index (χ0) is 13.8. The van der Waals surface area contributed by atoms with E-state index in [-0.39, 0.29) is 0 Å². The summed E-state index contributed by atoms with van der Waals surface area (Å²) in [4.78, 5) is 16.3. The van der Waals surface area contributed by atoms with Crippen LogP contribution < -0.4 is 10.7 Å². The third-order valence-electron chi connectivity index (χ3n) is 3.44. The van der Waals surface area contributed by atoms with Crippen molar-refractivity contribution in [1.82, 2.24) is 24.9 Å². The van der Waals surface area contributed by atoms with Gasteiger partial charge in [-0.15, -0.1) is 0 Å². The summed E-state index contributed by atoms with van der Waals surface area (Å²) in [6, 6.07) is 0. The molecule has 1 saturated heterocycles. The zero-order valence-electron chi connectivity index (χ0n) is 11.8. The Labute approximate surface area is 118 Å². The first kappa shape index (κ1) is 13.1. The number of hydrazine groups is 1. The summed E-state index contributed by atoms with van der Waals surface area (Å²) in [5, 5.41) is 5.44. The maximum absolute atomic E-state index is 4.56. The van der Waals surface area contributed by atoms with Gasteiger partial charge in [0.2, 0.25) is 5.95 Å². The molecule has 20 heavy (non-hydrogen) atoms. The molecule has 1 fully saturated rings. The maximum Gasteiger partial charge on any atom is 0.226 e. The highest BCUT2D eigenvalue weighted by Crippen LogP contribution is 2.20. The highest BCUT2D eigenvalue weighted by molar-refractivity contribution is 5.83. The molecule has 3 N–H and O–H groups in total. The van der Waals surface area contributed by atoms with E-state index in [0.29, 0.717) is 11.6 Å². The Bertz CT molecular complexity index is 559. The number of hydrogen-bond acceptors (Lipinski definition) is 6. The summed E-state index contributed by atoms with van der Waals surface area (Å²) >= 11 is 0. The van der Waals surface area contributed by atoms with Gasteiger partial charge in [-0.1, -0.05) is 13.3 Å². The molecule has 0 radical (unpaired) electrons. The molecule has 0 aromatic carbocycles. The highest BCUT2D eigenvalue weighted by Gasteiger charge is 2.14. The van der Waals surface area contributed by atoms with Crippen LogP contribution in [0.2, 0.25) is 0 Å². The monoisotopic (exact) mass is 275 g/mol. The Balaban J connectivity index is 1.84. The van der Waals surface area contributed by atoms with Crippen LogP contribution in [0.5, 0.6) is 0 Å². The largest absolute Gasteiger partial charge is 0.354 e. The standard InChI is InChI=1S/C13H21N7/c1-2-6-14-13-17-11-10(15-9-16-11)12(18-13)19-20-7-4-3-5-8-20/h9H,2-8H2,1H3,(H3,14,15,16,17,18,19). The second kappa shape index (κ2) is 6.04. The molecular weight excluding hydrogens is 254 g/mol. The van der Waals surface area contributed by atoms with Crippen molar-refractivity contribution in [2.45, 2.75) is 32.6 Å². The van der Waals surface area contributed by atoms with Crippen molar-refractivity contribution in [2.24, 2.45) is 0 Å². The van der Waals surface area contributed by atoms with Crippen LogP contribution in [0, 0.1) is 0 Å². The van der Waals surface area contributed by atoms with Gasteiger partial charge >= 0.3 is 0 Å². The Morgan fingerprint density at radius 1 is 1.25 bits per heavy atom. The summed E-state index contributed by atoms with van der Waals surface area (Å²) in [5.74, 6) is 1.43. The Hall–Kier alpha value is -1.89. The fourth-order valence-electron chi connectivity index (χ4n) is 2.39. The van der Waals surface area contributed by atoms with Crippen LogP contribution in [0.3, 0.4) is 0 Å². The third-order valence-corrected chi connectivity index (χ3v) is 3.44. The first-order valence-electron chi connectivity index (χ1n) is 7.33. The van der Waals surface area contributed by atoms with Crippen LogP contribution in [0.15, 0.2) is 6.33 Å². The minimum atomic E-state index is 0.631. The molecule has 7 nitrogen and oxygen atoms in total. The summed E-state index contributed by atoms with van der Waals surface area (Å²) in [5.41, 5.74) is 4.95. The number of H-pyrrole nitrogens is 1. The molecule has 108 valence electrons. The lowest BCUT2D eigenvalue weighted by Gasteiger charge is -2.27. The number of hydrogen-bond donors (Lipinski definition) is 3. The van der Waals surface area contributed by atoms with Gasteiger partial charge in [0.1, 0.15) is 5.52 Å². The average molecular weight is 275 g/mol. The second-order valence-electron chi connectivity index (χ2n) is 5.08. The SMILES string of the molecule is CCCNc1nc(NN2CCCCC2)c2[nH]cnc2n1. The van der Waals surface area contributed by atoms with E-state index in [2.05, 4.69) is 42.6 Å². The van der Waals surface area contributed by atoms with Crippen molar-refractivity contribution < 1.29 is 0 Å². The molecule has 7 heteroatoms. The molecule has 2 aromatic rings. The summed E-state index contributed by atoms with van der Waals surface area (Å²) in [6.45, 7) is 5.08. The van der Waals surface area contributed by atoms with Crippen LogP contribution >= 0.6 is 0 Å². The van der Waals surface area contributed by atoms with Crippen molar-refractivity contribution in [1.29, 1.82) is 0 Å². The van der Waals surface area contributed by atoms with Crippen LogP contribution in [-0.2, 0) is 0 Å². The van der Waals surface area contributed by atoms with Gasteiger partial charge in [-0.2, -0.15) is 9.97 Å². The average Bonchev–Trinajstić information content (AvgIpc) is 2.95.